The van der Waals surface area contributed by atoms with Crippen molar-refractivity contribution in [3.05, 3.63) is 23.8 Å². The molecule has 0 saturated heterocycles. The molecule has 0 bridgehead atoms. The zero-order chi connectivity index (χ0) is 18.8. The standard InChI is InChI=1S/C18H27NO5S/c1-4-19-13(2)18(3,11-7-5-6-8-17(20)21)15-12-14(25(22,23)24)9-10-16(15)19/h9-10,12-13H,4-8,11H2,1-3H3,(H,20,21)(H,22,23,24). The molecule has 2 unspecified atom stereocenters. The number of fused-ring (bicyclic) bond motifs is 1. The minimum Gasteiger partial charge on any atom is -0.481 e. The maximum Gasteiger partial charge on any atom is 0.303 e. The molecule has 25 heavy (non-hydrogen) atoms. The maximum absolute atomic E-state index is 11.5. The molecule has 2 N–H and O–H groups in total. The second-order valence-corrected chi connectivity index (χ2v) is 8.41. The Balaban J connectivity index is 2.27. The molecular weight excluding hydrogens is 342 g/mol. The first-order valence-corrected chi connectivity index (χ1v) is 10.2. The van der Waals surface area contributed by atoms with Crippen LogP contribution in [-0.4, -0.2) is 36.6 Å². The normalized spacial score (nSPS) is 22.9. The largest absolute Gasteiger partial charge is 0.481 e. The Morgan fingerprint density at radius 2 is 1.96 bits per heavy atom. The third kappa shape index (κ3) is 3.98. The highest BCUT2D eigenvalue weighted by molar-refractivity contribution is 7.85. The summed E-state index contributed by atoms with van der Waals surface area (Å²) in [5.74, 6) is -0.777. The SMILES string of the molecule is CCN1c2ccc(S(=O)(=O)O)cc2C(C)(CCCCCC(=O)O)C1C. The summed E-state index contributed by atoms with van der Waals surface area (Å²) < 4.78 is 32.4. The van der Waals surface area contributed by atoms with E-state index in [1.54, 1.807) is 12.1 Å². The number of rotatable bonds is 8. The van der Waals surface area contributed by atoms with E-state index in [4.69, 9.17) is 5.11 Å². The van der Waals surface area contributed by atoms with Crippen LogP contribution in [0.1, 0.15) is 58.4 Å². The van der Waals surface area contributed by atoms with Crippen LogP contribution in [-0.2, 0) is 20.3 Å². The number of carboxylic acid groups (broad SMARTS) is 1. The van der Waals surface area contributed by atoms with Crippen LogP contribution in [0.15, 0.2) is 23.1 Å². The molecule has 0 spiro atoms. The molecule has 6 nitrogen and oxygen atoms in total. The highest BCUT2D eigenvalue weighted by Gasteiger charge is 2.44. The lowest BCUT2D eigenvalue weighted by atomic mass is 9.75. The minimum absolute atomic E-state index is 0.0755. The van der Waals surface area contributed by atoms with Gasteiger partial charge in [-0.05, 0) is 50.5 Å². The van der Waals surface area contributed by atoms with E-state index in [1.807, 2.05) is 0 Å². The van der Waals surface area contributed by atoms with Crippen molar-refractivity contribution >= 4 is 21.8 Å². The molecule has 7 heteroatoms. The monoisotopic (exact) mass is 369 g/mol. The van der Waals surface area contributed by atoms with Gasteiger partial charge >= 0.3 is 5.97 Å². The fourth-order valence-corrected chi connectivity index (χ4v) is 4.40. The lowest BCUT2D eigenvalue weighted by Gasteiger charge is -2.34. The van der Waals surface area contributed by atoms with E-state index in [1.165, 1.54) is 6.07 Å². The molecule has 2 atom stereocenters. The summed E-state index contributed by atoms with van der Waals surface area (Å²) in [6, 6.07) is 5.01. The number of hydrogen-bond donors (Lipinski definition) is 2. The van der Waals surface area contributed by atoms with E-state index in [0.29, 0.717) is 6.42 Å². The number of benzene rings is 1. The zero-order valence-electron chi connectivity index (χ0n) is 15.0. The van der Waals surface area contributed by atoms with Crippen LogP contribution in [0, 0.1) is 0 Å². The van der Waals surface area contributed by atoms with Crippen molar-refractivity contribution in [1.29, 1.82) is 0 Å². The molecule has 1 aliphatic heterocycles. The van der Waals surface area contributed by atoms with Gasteiger partial charge in [-0.2, -0.15) is 8.42 Å². The van der Waals surface area contributed by atoms with Crippen molar-refractivity contribution in [2.75, 3.05) is 11.4 Å². The van der Waals surface area contributed by atoms with E-state index < -0.39 is 16.1 Å². The van der Waals surface area contributed by atoms with Gasteiger partial charge in [0.1, 0.15) is 0 Å². The first-order chi connectivity index (χ1) is 11.6. The fourth-order valence-electron chi connectivity index (χ4n) is 3.89. The minimum atomic E-state index is -4.24. The maximum atomic E-state index is 11.5. The number of nitrogens with zero attached hydrogens (tertiary/aromatic N) is 1. The van der Waals surface area contributed by atoms with Crippen LogP contribution < -0.4 is 4.90 Å². The molecule has 0 fully saturated rings. The van der Waals surface area contributed by atoms with Gasteiger partial charge in [0.15, 0.2) is 0 Å². The average Bonchev–Trinajstić information content (AvgIpc) is 2.74. The Morgan fingerprint density at radius 3 is 2.52 bits per heavy atom. The first kappa shape index (κ1) is 19.7. The topological polar surface area (TPSA) is 94.9 Å². The molecule has 0 aliphatic carbocycles. The predicted octanol–water partition coefficient (Wildman–Crippen LogP) is 3.45. The molecule has 2 rings (SSSR count). The van der Waals surface area contributed by atoms with Gasteiger partial charge in [-0.3, -0.25) is 9.35 Å². The van der Waals surface area contributed by atoms with Crippen molar-refractivity contribution in [3.8, 4) is 0 Å². The van der Waals surface area contributed by atoms with Gasteiger partial charge in [0.2, 0.25) is 0 Å². The van der Waals surface area contributed by atoms with Crippen molar-refractivity contribution in [1.82, 2.24) is 0 Å². The van der Waals surface area contributed by atoms with E-state index in [0.717, 1.165) is 37.1 Å². The Hall–Kier alpha value is -1.60. The molecule has 1 aromatic rings. The quantitative estimate of drug-likeness (QED) is 0.538. The number of anilines is 1. The summed E-state index contributed by atoms with van der Waals surface area (Å²) in [4.78, 5) is 12.8. The van der Waals surface area contributed by atoms with Crippen molar-refractivity contribution in [2.24, 2.45) is 0 Å². The molecule has 1 aromatic carbocycles. The number of unbranched alkanes of at least 4 members (excludes halogenated alkanes) is 2. The van der Waals surface area contributed by atoms with Crippen LogP contribution in [0.3, 0.4) is 0 Å². The molecule has 0 radical (unpaired) electrons. The van der Waals surface area contributed by atoms with E-state index in [-0.39, 0.29) is 22.8 Å². The van der Waals surface area contributed by atoms with E-state index in [2.05, 4.69) is 25.7 Å². The Kier molecular flexibility index (Phi) is 5.79. The second kappa shape index (κ2) is 7.33. The van der Waals surface area contributed by atoms with E-state index >= 15 is 0 Å². The van der Waals surface area contributed by atoms with Gasteiger partial charge in [0.25, 0.3) is 10.1 Å². The van der Waals surface area contributed by atoms with Crippen molar-refractivity contribution in [3.63, 3.8) is 0 Å². The summed E-state index contributed by atoms with van der Waals surface area (Å²) in [6.45, 7) is 7.13. The Labute approximate surface area is 149 Å². The van der Waals surface area contributed by atoms with Crippen LogP contribution >= 0.6 is 0 Å². The molecule has 1 aliphatic rings. The Morgan fingerprint density at radius 1 is 1.28 bits per heavy atom. The van der Waals surface area contributed by atoms with Gasteiger partial charge in [-0.25, -0.2) is 0 Å². The number of carbonyl (C=O) groups is 1. The van der Waals surface area contributed by atoms with Crippen LogP contribution in [0.5, 0.6) is 0 Å². The van der Waals surface area contributed by atoms with Gasteiger partial charge in [0.05, 0.1) is 4.90 Å². The molecule has 1 heterocycles. The second-order valence-electron chi connectivity index (χ2n) is 6.99. The van der Waals surface area contributed by atoms with Gasteiger partial charge in [-0.15, -0.1) is 0 Å². The number of likely N-dealkylation sites (N-methyl/N-ethyl adjacent to an activating group) is 1. The molecule has 0 amide bonds. The van der Waals surface area contributed by atoms with Gasteiger partial charge in [-0.1, -0.05) is 19.8 Å². The van der Waals surface area contributed by atoms with Gasteiger partial charge in [0, 0.05) is 30.1 Å². The van der Waals surface area contributed by atoms with Crippen molar-refractivity contribution in [2.45, 2.75) is 69.2 Å². The summed E-state index contributed by atoms with van der Waals surface area (Å²) in [5, 5.41) is 8.73. The summed E-state index contributed by atoms with van der Waals surface area (Å²) >= 11 is 0. The summed E-state index contributed by atoms with van der Waals surface area (Å²) in [6.07, 6.45) is 3.37. The lowest BCUT2D eigenvalue weighted by molar-refractivity contribution is -0.137. The molecule has 0 saturated carbocycles. The van der Waals surface area contributed by atoms with Gasteiger partial charge < -0.3 is 10.0 Å². The highest BCUT2D eigenvalue weighted by atomic mass is 32.2. The third-order valence-corrected chi connectivity index (χ3v) is 6.36. The lowest BCUT2D eigenvalue weighted by Crippen LogP contribution is -2.40. The summed E-state index contributed by atoms with van der Waals surface area (Å²) in [7, 11) is -4.24. The first-order valence-electron chi connectivity index (χ1n) is 8.71. The number of hydrogen-bond acceptors (Lipinski definition) is 4. The van der Waals surface area contributed by atoms with Crippen molar-refractivity contribution < 1.29 is 22.9 Å². The molecule has 140 valence electrons. The molecule has 0 aromatic heterocycles. The number of carboxylic acids is 1. The number of aliphatic carboxylic acids is 1. The van der Waals surface area contributed by atoms with Crippen LogP contribution in [0.2, 0.25) is 0 Å². The Bertz CT molecular complexity index is 746. The third-order valence-electron chi connectivity index (χ3n) is 5.51. The highest BCUT2D eigenvalue weighted by Crippen LogP contribution is 2.48. The fraction of sp³-hybridized carbons (Fsp3) is 0.611. The zero-order valence-corrected chi connectivity index (χ0v) is 15.8. The smallest absolute Gasteiger partial charge is 0.303 e. The predicted molar refractivity (Wildman–Crippen MR) is 96.8 cm³/mol. The summed E-state index contributed by atoms with van der Waals surface area (Å²) in [5.41, 5.74) is 1.71. The molecular formula is C18H27NO5S. The average molecular weight is 369 g/mol. The van der Waals surface area contributed by atoms with Crippen LogP contribution in [0.4, 0.5) is 5.69 Å². The van der Waals surface area contributed by atoms with Crippen LogP contribution in [0.25, 0.3) is 0 Å². The van der Waals surface area contributed by atoms with E-state index in [9.17, 15) is 17.8 Å².